The molecule has 1 atom stereocenters. The van der Waals surface area contributed by atoms with Gasteiger partial charge in [-0.1, -0.05) is 25.5 Å². The van der Waals surface area contributed by atoms with Gasteiger partial charge in [-0.05, 0) is 49.3 Å². The zero-order valence-corrected chi connectivity index (χ0v) is 16.2. The predicted octanol–water partition coefficient (Wildman–Crippen LogP) is 3.24. The Balaban J connectivity index is 1.42. The van der Waals surface area contributed by atoms with E-state index < -0.39 is 0 Å². The molecule has 144 valence electrons. The lowest BCUT2D eigenvalue weighted by Gasteiger charge is -2.41. The van der Waals surface area contributed by atoms with Crippen molar-refractivity contribution in [1.82, 2.24) is 20.1 Å². The molecule has 27 heavy (non-hydrogen) atoms. The Bertz CT molecular complexity index is 812. The first kappa shape index (κ1) is 18.0. The predicted molar refractivity (Wildman–Crippen MR) is 103 cm³/mol. The fraction of sp³-hybridized carbons (Fsp3) is 0.571. The first-order valence-electron chi connectivity index (χ1n) is 9.98. The zero-order chi connectivity index (χ0) is 18.9. The third kappa shape index (κ3) is 3.57. The van der Waals surface area contributed by atoms with Crippen molar-refractivity contribution in [2.75, 3.05) is 19.7 Å². The SMILES string of the molecule is CCCc1nc(C2CN(C(=O)COc3cccc(C)c3)CC23CCC3)n[nH]1. The molecule has 1 N–H and O–H groups in total. The smallest absolute Gasteiger partial charge is 0.260 e. The Morgan fingerprint density at radius 2 is 2.26 bits per heavy atom. The number of nitrogens with zero attached hydrogens (tertiary/aromatic N) is 3. The molecular formula is C21H28N4O2. The third-order valence-electron chi connectivity index (χ3n) is 6.05. The van der Waals surface area contributed by atoms with Crippen molar-refractivity contribution in [3.05, 3.63) is 41.5 Å². The highest BCUT2D eigenvalue weighted by molar-refractivity contribution is 5.78. The maximum atomic E-state index is 12.8. The minimum Gasteiger partial charge on any atom is -0.484 e. The summed E-state index contributed by atoms with van der Waals surface area (Å²) in [6.45, 7) is 5.73. The second kappa shape index (κ2) is 7.33. The van der Waals surface area contributed by atoms with Gasteiger partial charge < -0.3 is 9.64 Å². The molecule has 1 saturated carbocycles. The van der Waals surface area contributed by atoms with Crippen LogP contribution in [0.2, 0.25) is 0 Å². The van der Waals surface area contributed by atoms with Gasteiger partial charge in [-0.2, -0.15) is 5.10 Å². The number of aromatic nitrogens is 3. The monoisotopic (exact) mass is 368 g/mol. The summed E-state index contributed by atoms with van der Waals surface area (Å²) >= 11 is 0. The van der Waals surface area contributed by atoms with Gasteiger partial charge in [0.15, 0.2) is 12.4 Å². The number of benzene rings is 1. The molecule has 1 saturated heterocycles. The Labute approximate surface area is 160 Å². The lowest BCUT2D eigenvalue weighted by Crippen LogP contribution is -2.39. The number of rotatable bonds is 6. The van der Waals surface area contributed by atoms with E-state index in [0.717, 1.165) is 55.2 Å². The number of ether oxygens (including phenoxy) is 1. The van der Waals surface area contributed by atoms with Crippen LogP contribution in [0.1, 0.15) is 55.7 Å². The van der Waals surface area contributed by atoms with E-state index in [-0.39, 0.29) is 23.8 Å². The Morgan fingerprint density at radius 1 is 1.41 bits per heavy atom. The molecule has 0 radical (unpaired) electrons. The van der Waals surface area contributed by atoms with Crippen LogP contribution in [0.3, 0.4) is 0 Å². The molecule has 1 aromatic carbocycles. The van der Waals surface area contributed by atoms with Gasteiger partial charge in [0.2, 0.25) is 0 Å². The molecule has 1 aliphatic heterocycles. The number of likely N-dealkylation sites (tertiary alicyclic amines) is 1. The van der Waals surface area contributed by atoms with E-state index >= 15 is 0 Å². The zero-order valence-electron chi connectivity index (χ0n) is 16.2. The average Bonchev–Trinajstić information content (AvgIpc) is 3.24. The Morgan fingerprint density at radius 3 is 2.96 bits per heavy atom. The van der Waals surface area contributed by atoms with E-state index in [1.54, 1.807) is 0 Å². The van der Waals surface area contributed by atoms with Crippen molar-refractivity contribution in [2.24, 2.45) is 5.41 Å². The van der Waals surface area contributed by atoms with Gasteiger partial charge in [-0.3, -0.25) is 9.89 Å². The maximum absolute atomic E-state index is 12.8. The molecule has 2 heterocycles. The van der Waals surface area contributed by atoms with Crippen molar-refractivity contribution in [3.63, 3.8) is 0 Å². The normalized spacial score (nSPS) is 20.7. The van der Waals surface area contributed by atoms with Crippen molar-refractivity contribution in [1.29, 1.82) is 0 Å². The Hall–Kier alpha value is -2.37. The molecule has 2 aliphatic rings. The largest absolute Gasteiger partial charge is 0.484 e. The van der Waals surface area contributed by atoms with Crippen LogP contribution in [0.4, 0.5) is 0 Å². The maximum Gasteiger partial charge on any atom is 0.260 e. The van der Waals surface area contributed by atoms with E-state index in [2.05, 4.69) is 17.1 Å². The van der Waals surface area contributed by atoms with Crippen LogP contribution in [0.25, 0.3) is 0 Å². The molecule has 0 bridgehead atoms. The van der Waals surface area contributed by atoms with Gasteiger partial charge >= 0.3 is 0 Å². The van der Waals surface area contributed by atoms with Crippen molar-refractivity contribution >= 4 is 5.91 Å². The summed E-state index contributed by atoms with van der Waals surface area (Å²) < 4.78 is 5.73. The van der Waals surface area contributed by atoms with Gasteiger partial charge in [-0.15, -0.1) is 0 Å². The minimum absolute atomic E-state index is 0.0506. The lowest BCUT2D eigenvalue weighted by molar-refractivity contribution is -0.133. The van der Waals surface area contributed by atoms with E-state index in [0.29, 0.717) is 6.54 Å². The molecule has 1 aliphatic carbocycles. The van der Waals surface area contributed by atoms with Crippen LogP contribution in [0.15, 0.2) is 24.3 Å². The molecule has 2 fully saturated rings. The fourth-order valence-electron chi connectivity index (χ4n) is 4.41. The number of aromatic amines is 1. The van der Waals surface area contributed by atoms with Crippen LogP contribution in [-0.4, -0.2) is 45.7 Å². The van der Waals surface area contributed by atoms with Crippen LogP contribution in [-0.2, 0) is 11.2 Å². The molecule has 2 aromatic rings. The highest BCUT2D eigenvalue weighted by Gasteiger charge is 2.53. The van der Waals surface area contributed by atoms with E-state index in [4.69, 9.17) is 9.72 Å². The quantitative estimate of drug-likeness (QED) is 0.850. The van der Waals surface area contributed by atoms with Crippen LogP contribution in [0.5, 0.6) is 5.75 Å². The molecule has 4 rings (SSSR count). The lowest BCUT2D eigenvalue weighted by atomic mass is 9.62. The summed E-state index contributed by atoms with van der Waals surface area (Å²) in [6.07, 6.45) is 5.49. The number of carbonyl (C=O) groups is 1. The number of aryl methyl sites for hydroxylation is 2. The van der Waals surface area contributed by atoms with Gasteiger partial charge in [0.05, 0.1) is 0 Å². The summed E-state index contributed by atoms with van der Waals surface area (Å²) in [6, 6.07) is 7.81. The average molecular weight is 368 g/mol. The molecular weight excluding hydrogens is 340 g/mol. The topological polar surface area (TPSA) is 71.1 Å². The van der Waals surface area contributed by atoms with E-state index in [9.17, 15) is 4.79 Å². The molecule has 1 amide bonds. The van der Waals surface area contributed by atoms with Gasteiger partial charge in [0.25, 0.3) is 5.91 Å². The fourth-order valence-corrected chi connectivity index (χ4v) is 4.41. The Kier molecular flexibility index (Phi) is 4.89. The van der Waals surface area contributed by atoms with Crippen molar-refractivity contribution < 1.29 is 9.53 Å². The number of amides is 1. The summed E-state index contributed by atoms with van der Waals surface area (Å²) in [7, 11) is 0. The second-order valence-electron chi connectivity index (χ2n) is 8.04. The number of H-pyrrole nitrogens is 1. The van der Waals surface area contributed by atoms with Crippen molar-refractivity contribution in [3.8, 4) is 5.75 Å². The summed E-state index contributed by atoms with van der Waals surface area (Å²) in [5, 5.41) is 7.56. The van der Waals surface area contributed by atoms with Crippen molar-refractivity contribution in [2.45, 2.75) is 51.9 Å². The highest BCUT2D eigenvalue weighted by atomic mass is 16.5. The van der Waals surface area contributed by atoms with E-state index in [1.807, 2.05) is 36.1 Å². The number of hydrogen-bond donors (Lipinski definition) is 1. The van der Waals surface area contributed by atoms with Crippen LogP contribution < -0.4 is 4.74 Å². The molecule has 1 spiro atoms. The summed E-state index contributed by atoms with van der Waals surface area (Å²) in [4.78, 5) is 19.4. The van der Waals surface area contributed by atoms with E-state index in [1.165, 1.54) is 6.42 Å². The van der Waals surface area contributed by atoms with Gasteiger partial charge in [0, 0.05) is 25.4 Å². The summed E-state index contributed by atoms with van der Waals surface area (Å²) in [5.41, 5.74) is 1.28. The first-order chi connectivity index (χ1) is 13.1. The number of hydrogen-bond acceptors (Lipinski definition) is 4. The van der Waals surface area contributed by atoms with Crippen LogP contribution in [0, 0.1) is 12.3 Å². The number of carbonyl (C=O) groups excluding carboxylic acids is 1. The molecule has 6 heteroatoms. The third-order valence-corrected chi connectivity index (χ3v) is 6.05. The standard InChI is InChI=1S/C21H28N4O2/c1-3-6-18-22-20(24-23-18)17-12-25(14-21(17)9-5-10-21)19(26)13-27-16-8-4-7-15(2)11-16/h4,7-8,11,17H,3,5-6,9-10,12-14H2,1-2H3,(H,22,23,24). The molecule has 1 unspecified atom stereocenters. The highest BCUT2D eigenvalue weighted by Crippen LogP contribution is 2.55. The summed E-state index contributed by atoms with van der Waals surface area (Å²) in [5.74, 6) is 2.86. The number of nitrogens with one attached hydrogen (secondary N) is 1. The second-order valence-corrected chi connectivity index (χ2v) is 8.04. The molecule has 1 aromatic heterocycles. The first-order valence-corrected chi connectivity index (χ1v) is 9.98. The van der Waals surface area contributed by atoms with Gasteiger partial charge in [-0.25, -0.2) is 4.98 Å². The minimum atomic E-state index is 0.0506. The molecule has 6 nitrogen and oxygen atoms in total. The van der Waals surface area contributed by atoms with Crippen LogP contribution >= 0.6 is 0 Å². The van der Waals surface area contributed by atoms with Gasteiger partial charge in [0.1, 0.15) is 11.6 Å².